The molecule has 0 spiro atoms. The molecular weight excluding hydrogens is 466 g/mol. The van der Waals surface area contributed by atoms with Crippen molar-refractivity contribution in [2.75, 3.05) is 13.1 Å². The van der Waals surface area contributed by atoms with E-state index in [-0.39, 0.29) is 18.0 Å². The van der Waals surface area contributed by atoms with Crippen LogP contribution in [0.3, 0.4) is 0 Å². The molecular formula is C24H21F4N5O2. The number of amides is 2. The lowest BCUT2D eigenvalue weighted by Crippen LogP contribution is -2.60. The van der Waals surface area contributed by atoms with Gasteiger partial charge in [0.1, 0.15) is 18.5 Å². The van der Waals surface area contributed by atoms with Gasteiger partial charge in [0, 0.05) is 19.1 Å². The average molecular weight is 487 g/mol. The zero-order chi connectivity index (χ0) is 24.7. The highest BCUT2D eigenvalue weighted by Crippen LogP contribution is 2.49. The van der Waals surface area contributed by atoms with E-state index in [1.165, 1.54) is 49.1 Å². The van der Waals surface area contributed by atoms with E-state index in [0.717, 1.165) is 16.8 Å². The van der Waals surface area contributed by atoms with Gasteiger partial charge in [0.2, 0.25) is 5.91 Å². The molecule has 2 fully saturated rings. The quantitative estimate of drug-likeness (QED) is 0.410. The molecule has 0 aliphatic carbocycles. The third kappa shape index (κ3) is 4.26. The summed E-state index contributed by atoms with van der Waals surface area (Å²) >= 11 is 0. The molecule has 2 aromatic carbocycles. The Hall–Kier alpha value is -3.76. The first-order valence-electron chi connectivity index (χ1n) is 11.1. The van der Waals surface area contributed by atoms with Crippen LogP contribution in [0.2, 0.25) is 0 Å². The smallest absolute Gasteiger partial charge is 0.331 e. The Kier molecular flexibility index (Phi) is 5.78. The van der Waals surface area contributed by atoms with Crippen LogP contribution in [0.15, 0.2) is 61.2 Å². The molecule has 0 saturated carbocycles. The number of β-lactam (4-membered cyclic amide) rings is 1. The van der Waals surface area contributed by atoms with Crippen molar-refractivity contribution in [1.29, 1.82) is 0 Å². The Morgan fingerprint density at radius 3 is 2.14 bits per heavy atom. The van der Waals surface area contributed by atoms with Gasteiger partial charge in [0.05, 0.1) is 17.5 Å². The van der Waals surface area contributed by atoms with E-state index in [9.17, 15) is 27.2 Å². The van der Waals surface area contributed by atoms with Gasteiger partial charge in [0.15, 0.2) is 0 Å². The summed E-state index contributed by atoms with van der Waals surface area (Å²) in [5.74, 6) is -1.22. The first kappa shape index (κ1) is 23.0. The van der Waals surface area contributed by atoms with E-state index in [0.29, 0.717) is 37.1 Å². The summed E-state index contributed by atoms with van der Waals surface area (Å²) in [7, 11) is 0. The number of nitrogens with zero attached hydrogens (tertiary/aromatic N) is 5. The number of aromatic nitrogens is 3. The van der Waals surface area contributed by atoms with E-state index in [4.69, 9.17) is 0 Å². The van der Waals surface area contributed by atoms with Crippen LogP contribution in [0.1, 0.15) is 41.5 Å². The zero-order valence-corrected chi connectivity index (χ0v) is 18.4. The molecule has 0 radical (unpaired) electrons. The van der Waals surface area contributed by atoms with Gasteiger partial charge in [-0.3, -0.25) is 4.79 Å². The van der Waals surface area contributed by atoms with Gasteiger partial charge < -0.3 is 9.80 Å². The highest BCUT2D eigenvalue weighted by Gasteiger charge is 2.52. The number of carbonyl (C=O) groups is 2. The molecule has 3 aromatic rings. The molecule has 7 nitrogen and oxygen atoms in total. The summed E-state index contributed by atoms with van der Waals surface area (Å²) in [6.07, 6.45) is -0.846. The van der Waals surface area contributed by atoms with Crippen LogP contribution in [-0.4, -0.2) is 55.6 Å². The predicted octanol–water partition coefficient (Wildman–Crippen LogP) is 4.24. The lowest BCUT2D eigenvalue weighted by molar-refractivity contribution is -0.156. The summed E-state index contributed by atoms with van der Waals surface area (Å²) in [6, 6.07) is 9.43. The Bertz CT molecular complexity index is 1200. The average Bonchev–Trinajstić information content (AvgIpc) is 3.38. The number of benzene rings is 2. The molecule has 2 saturated heterocycles. The maximum atomic E-state index is 13.5. The number of likely N-dealkylation sites (tertiary alicyclic amines) is 2. The number of carbonyl (C=O) groups excluding carboxylic acids is 2. The third-order valence-electron chi connectivity index (χ3n) is 6.69. The number of piperidine rings is 1. The van der Waals surface area contributed by atoms with Crippen LogP contribution in [0.25, 0.3) is 0 Å². The lowest BCUT2D eigenvalue weighted by Gasteiger charge is -2.53. The van der Waals surface area contributed by atoms with E-state index < -0.39 is 29.5 Å². The van der Waals surface area contributed by atoms with Crippen LogP contribution in [0.5, 0.6) is 0 Å². The monoisotopic (exact) mass is 487 g/mol. The van der Waals surface area contributed by atoms with Crippen molar-refractivity contribution < 1.29 is 27.2 Å². The van der Waals surface area contributed by atoms with Crippen molar-refractivity contribution in [3.8, 4) is 0 Å². The molecule has 2 amide bonds. The van der Waals surface area contributed by atoms with Gasteiger partial charge in [-0.1, -0.05) is 24.3 Å². The van der Waals surface area contributed by atoms with Gasteiger partial charge in [-0.2, -0.15) is 23.0 Å². The normalized spacial score (nSPS) is 21.2. The largest absolute Gasteiger partial charge is 0.416 e. The molecule has 35 heavy (non-hydrogen) atoms. The van der Waals surface area contributed by atoms with Crippen LogP contribution in [0, 0.1) is 5.82 Å². The van der Waals surface area contributed by atoms with Crippen molar-refractivity contribution in [3.63, 3.8) is 0 Å². The Morgan fingerprint density at radius 2 is 1.57 bits per heavy atom. The van der Waals surface area contributed by atoms with E-state index >= 15 is 0 Å². The number of rotatable bonds is 3. The van der Waals surface area contributed by atoms with Crippen molar-refractivity contribution >= 4 is 11.9 Å². The summed E-state index contributed by atoms with van der Waals surface area (Å²) in [4.78, 5) is 32.9. The number of hydrogen-bond acceptors (Lipinski definition) is 4. The number of hydrogen-bond donors (Lipinski definition) is 0. The van der Waals surface area contributed by atoms with Crippen LogP contribution < -0.4 is 0 Å². The molecule has 2 aliphatic heterocycles. The van der Waals surface area contributed by atoms with E-state index in [2.05, 4.69) is 10.1 Å². The number of alkyl halides is 3. The molecule has 0 unspecified atom stereocenters. The van der Waals surface area contributed by atoms with Crippen LogP contribution in [0.4, 0.5) is 22.4 Å². The molecule has 182 valence electrons. The summed E-state index contributed by atoms with van der Waals surface area (Å²) in [5.41, 5.74) is 0.418. The van der Waals surface area contributed by atoms with Crippen molar-refractivity contribution in [3.05, 3.63) is 83.7 Å². The Morgan fingerprint density at radius 1 is 0.943 bits per heavy atom. The van der Waals surface area contributed by atoms with Gasteiger partial charge in [-0.25, -0.2) is 14.2 Å². The standard InChI is InChI=1S/C24H21F4N5O2/c25-18-7-3-15(4-8-18)20-21(16-1-5-17(6-2-16)24(26,27)28)33(22(20)34)19-9-11-31(12-10-19)23(35)32-14-29-13-30-32/h1-8,13-14,19-21H,9-12H2/t20-,21-/m1/s1. The summed E-state index contributed by atoms with van der Waals surface area (Å²) < 4.78 is 53.9. The van der Waals surface area contributed by atoms with Crippen molar-refractivity contribution in [2.24, 2.45) is 0 Å². The lowest BCUT2D eigenvalue weighted by atomic mass is 9.75. The second-order valence-electron chi connectivity index (χ2n) is 8.68. The fourth-order valence-corrected chi connectivity index (χ4v) is 4.92. The van der Waals surface area contributed by atoms with Gasteiger partial charge in [-0.05, 0) is 48.2 Å². The highest BCUT2D eigenvalue weighted by molar-refractivity contribution is 5.92. The number of halogens is 4. The summed E-state index contributed by atoms with van der Waals surface area (Å²) in [6.45, 7) is 0.794. The molecule has 3 heterocycles. The molecule has 11 heteroatoms. The zero-order valence-electron chi connectivity index (χ0n) is 18.4. The fraction of sp³-hybridized carbons (Fsp3) is 0.333. The van der Waals surface area contributed by atoms with Crippen LogP contribution >= 0.6 is 0 Å². The minimum Gasteiger partial charge on any atom is -0.331 e. The second-order valence-corrected chi connectivity index (χ2v) is 8.68. The van der Waals surface area contributed by atoms with Gasteiger partial charge in [-0.15, -0.1) is 0 Å². The molecule has 2 atom stereocenters. The molecule has 1 aromatic heterocycles. The van der Waals surface area contributed by atoms with Crippen LogP contribution in [-0.2, 0) is 11.0 Å². The first-order valence-corrected chi connectivity index (χ1v) is 11.1. The fourth-order valence-electron chi connectivity index (χ4n) is 4.92. The minimum absolute atomic E-state index is 0.164. The minimum atomic E-state index is -4.46. The SMILES string of the molecule is O=C1[C@H](c2ccc(F)cc2)[C@@H](c2ccc(C(F)(F)F)cc2)N1C1CCN(C(=O)n2cncn2)CC1. The second kappa shape index (κ2) is 8.79. The van der Waals surface area contributed by atoms with Gasteiger partial charge >= 0.3 is 12.2 Å². The highest BCUT2D eigenvalue weighted by atomic mass is 19.4. The summed E-state index contributed by atoms with van der Waals surface area (Å²) in [5, 5.41) is 3.85. The predicted molar refractivity (Wildman–Crippen MR) is 116 cm³/mol. The topological polar surface area (TPSA) is 71.3 Å². The maximum Gasteiger partial charge on any atom is 0.416 e. The van der Waals surface area contributed by atoms with Gasteiger partial charge in [0.25, 0.3) is 0 Å². The van der Waals surface area contributed by atoms with Crippen molar-refractivity contribution in [1.82, 2.24) is 24.6 Å². The molecule has 0 N–H and O–H groups in total. The van der Waals surface area contributed by atoms with E-state index in [1.54, 1.807) is 9.80 Å². The molecule has 2 aliphatic rings. The van der Waals surface area contributed by atoms with E-state index in [1.807, 2.05) is 0 Å². The Balaban J connectivity index is 1.38. The maximum absolute atomic E-state index is 13.5. The van der Waals surface area contributed by atoms with Crippen molar-refractivity contribution in [2.45, 2.75) is 37.0 Å². The molecule has 5 rings (SSSR count). The molecule has 0 bridgehead atoms. The Labute approximate surface area is 198 Å². The first-order chi connectivity index (χ1) is 16.7. The third-order valence-corrected chi connectivity index (χ3v) is 6.69.